The molecule has 1 saturated heterocycles. The van der Waals surface area contributed by atoms with Gasteiger partial charge in [-0.05, 0) is 37.5 Å². The molecule has 1 heterocycles. The van der Waals surface area contributed by atoms with Crippen molar-refractivity contribution in [2.24, 2.45) is 11.3 Å². The quantitative estimate of drug-likeness (QED) is 0.530. The first-order chi connectivity index (χ1) is 8.19. The molecule has 2 fully saturated rings. The van der Waals surface area contributed by atoms with Crippen molar-refractivity contribution in [2.75, 3.05) is 11.5 Å². The maximum atomic E-state index is 11.3. The zero-order valence-corrected chi connectivity index (χ0v) is 12.0. The van der Waals surface area contributed by atoms with Crippen LogP contribution in [-0.4, -0.2) is 21.9 Å². The molecule has 1 aliphatic heterocycles. The fourth-order valence-corrected chi connectivity index (χ4v) is 6.76. The topological polar surface area (TPSA) is 17.1 Å². The van der Waals surface area contributed by atoms with Gasteiger partial charge in [-0.1, -0.05) is 18.6 Å². The number of carbonyl (C=O) groups excluding carboxylic acids is 1. The molecule has 0 N–H and O–H groups in total. The van der Waals surface area contributed by atoms with Crippen LogP contribution in [0.3, 0.4) is 0 Å². The van der Waals surface area contributed by atoms with E-state index in [4.69, 9.17) is 0 Å². The molecule has 1 spiro atoms. The first kappa shape index (κ1) is 12.2. The Morgan fingerprint density at radius 2 is 2.12 bits per heavy atom. The van der Waals surface area contributed by atoms with Crippen molar-refractivity contribution in [1.29, 1.82) is 0 Å². The van der Waals surface area contributed by atoms with E-state index in [9.17, 15) is 4.79 Å². The van der Waals surface area contributed by atoms with Gasteiger partial charge in [0.1, 0.15) is 6.29 Å². The Morgan fingerprint density at radius 1 is 1.35 bits per heavy atom. The van der Waals surface area contributed by atoms with E-state index in [1.165, 1.54) is 43.5 Å². The van der Waals surface area contributed by atoms with E-state index in [1.54, 1.807) is 5.57 Å². The highest BCUT2D eigenvalue weighted by atomic mass is 32.2. The van der Waals surface area contributed by atoms with Crippen LogP contribution in [0.2, 0.25) is 0 Å². The number of hydrogen-bond acceptors (Lipinski definition) is 3. The lowest BCUT2D eigenvalue weighted by Gasteiger charge is -2.47. The zero-order valence-electron chi connectivity index (χ0n) is 10.4. The Balaban J connectivity index is 1.94. The predicted molar refractivity (Wildman–Crippen MR) is 76.5 cm³/mol. The summed E-state index contributed by atoms with van der Waals surface area (Å²) in [4.78, 5) is 11.3. The molecule has 0 bridgehead atoms. The van der Waals surface area contributed by atoms with E-state index in [1.807, 2.05) is 0 Å². The van der Waals surface area contributed by atoms with Crippen LogP contribution in [0.5, 0.6) is 0 Å². The summed E-state index contributed by atoms with van der Waals surface area (Å²) in [6.07, 6.45) is 9.77. The van der Waals surface area contributed by atoms with Crippen LogP contribution >= 0.6 is 23.5 Å². The van der Waals surface area contributed by atoms with Gasteiger partial charge in [-0.15, -0.1) is 23.5 Å². The predicted octanol–water partition coefficient (Wildman–Crippen LogP) is 3.89. The minimum Gasteiger partial charge on any atom is -0.303 e. The largest absolute Gasteiger partial charge is 0.303 e. The third kappa shape index (κ3) is 1.90. The van der Waals surface area contributed by atoms with Crippen molar-refractivity contribution in [2.45, 2.75) is 43.1 Å². The fourth-order valence-electron chi connectivity index (χ4n) is 3.63. The van der Waals surface area contributed by atoms with Crippen LogP contribution < -0.4 is 0 Å². The highest BCUT2D eigenvalue weighted by Crippen LogP contribution is 2.59. The van der Waals surface area contributed by atoms with Crippen LogP contribution in [0, 0.1) is 11.3 Å². The van der Waals surface area contributed by atoms with Crippen molar-refractivity contribution in [1.82, 2.24) is 0 Å². The molecule has 0 aromatic carbocycles. The van der Waals surface area contributed by atoms with E-state index >= 15 is 0 Å². The molecule has 0 aromatic rings. The normalized spacial score (nSPS) is 39.8. The lowest BCUT2D eigenvalue weighted by atomic mass is 9.60. The summed E-state index contributed by atoms with van der Waals surface area (Å²) in [6.45, 7) is 2.33. The third-order valence-corrected chi connectivity index (χ3v) is 8.24. The number of fused-ring (bicyclic) bond motifs is 1. The van der Waals surface area contributed by atoms with E-state index in [2.05, 4.69) is 36.5 Å². The van der Waals surface area contributed by atoms with Gasteiger partial charge < -0.3 is 4.79 Å². The molecule has 0 radical (unpaired) electrons. The van der Waals surface area contributed by atoms with Crippen molar-refractivity contribution < 1.29 is 4.79 Å². The lowest BCUT2D eigenvalue weighted by Crippen LogP contribution is -2.39. The molecule has 2 unspecified atom stereocenters. The van der Waals surface area contributed by atoms with Crippen LogP contribution in [0.1, 0.15) is 39.0 Å². The Bertz CT molecular complexity index is 357. The summed E-state index contributed by atoms with van der Waals surface area (Å²) >= 11 is 4.25. The maximum absolute atomic E-state index is 11.3. The van der Waals surface area contributed by atoms with Gasteiger partial charge in [0.2, 0.25) is 0 Å². The SMILES string of the molecule is CC12CCC3(C=C1CCCC2C=O)SCCS3. The summed E-state index contributed by atoms with van der Waals surface area (Å²) in [6, 6.07) is 0. The van der Waals surface area contributed by atoms with Gasteiger partial charge in [-0.25, -0.2) is 0 Å². The summed E-state index contributed by atoms with van der Waals surface area (Å²) < 4.78 is 0.375. The summed E-state index contributed by atoms with van der Waals surface area (Å²) in [5, 5.41) is 0. The molecule has 2 aliphatic carbocycles. The molecule has 1 nitrogen and oxygen atoms in total. The van der Waals surface area contributed by atoms with Gasteiger partial charge in [0, 0.05) is 17.4 Å². The zero-order chi connectivity index (χ0) is 11.9. The molecular formula is C14H20OS2. The van der Waals surface area contributed by atoms with E-state index in [0.29, 0.717) is 4.08 Å². The second-order valence-electron chi connectivity index (χ2n) is 5.73. The molecule has 94 valence electrons. The number of thioether (sulfide) groups is 2. The summed E-state index contributed by atoms with van der Waals surface area (Å²) in [7, 11) is 0. The maximum Gasteiger partial charge on any atom is 0.123 e. The minimum atomic E-state index is 0.189. The number of rotatable bonds is 1. The molecule has 1 saturated carbocycles. The van der Waals surface area contributed by atoms with Crippen molar-refractivity contribution in [3.63, 3.8) is 0 Å². The van der Waals surface area contributed by atoms with Gasteiger partial charge in [-0.3, -0.25) is 0 Å². The first-order valence-corrected chi connectivity index (χ1v) is 8.61. The summed E-state index contributed by atoms with van der Waals surface area (Å²) in [5.41, 5.74) is 1.78. The van der Waals surface area contributed by atoms with E-state index in [-0.39, 0.29) is 11.3 Å². The number of allylic oxidation sites excluding steroid dienone is 1. The highest BCUT2D eigenvalue weighted by Gasteiger charge is 2.47. The van der Waals surface area contributed by atoms with Gasteiger partial charge in [0.25, 0.3) is 0 Å². The molecule has 0 aromatic heterocycles. The van der Waals surface area contributed by atoms with Gasteiger partial charge in [0.05, 0.1) is 4.08 Å². The highest BCUT2D eigenvalue weighted by molar-refractivity contribution is 8.21. The number of aldehydes is 1. The molecule has 2 atom stereocenters. The third-order valence-electron chi connectivity index (χ3n) is 4.84. The van der Waals surface area contributed by atoms with Gasteiger partial charge >= 0.3 is 0 Å². The Labute approximate surface area is 112 Å². The number of carbonyl (C=O) groups is 1. The van der Waals surface area contributed by atoms with Crippen molar-refractivity contribution in [3.05, 3.63) is 11.6 Å². The average Bonchev–Trinajstić information content (AvgIpc) is 2.78. The second-order valence-corrected chi connectivity index (χ2v) is 8.84. The molecular weight excluding hydrogens is 248 g/mol. The van der Waals surface area contributed by atoms with Crippen LogP contribution in [0.4, 0.5) is 0 Å². The second kappa shape index (κ2) is 4.34. The van der Waals surface area contributed by atoms with Crippen LogP contribution in [0.25, 0.3) is 0 Å². The Hall–Kier alpha value is 0.110. The smallest absolute Gasteiger partial charge is 0.123 e. The molecule has 3 aliphatic rings. The van der Waals surface area contributed by atoms with Crippen molar-refractivity contribution in [3.8, 4) is 0 Å². The lowest BCUT2D eigenvalue weighted by molar-refractivity contribution is -0.115. The van der Waals surface area contributed by atoms with Gasteiger partial charge in [-0.2, -0.15) is 0 Å². The molecule has 3 rings (SSSR count). The average molecular weight is 268 g/mol. The van der Waals surface area contributed by atoms with Crippen molar-refractivity contribution >= 4 is 29.8 Å². The Morgan fingerprint density at radius 3 is 2.82 bits per heavy atom. The fraction of sp³-hybridized carbons (Fsp3) is 0.786. The number of hydrogen-bond donors (Lipinski definition) is 0. The van der Waals surface area contributed by atoms with Crippen LogP contribution in [-0.2, 0) is 4.79 Å². The monoisotopic (exact) mass is 268 g/mol. The molecule has 0 amide bonds. The first-order valence-electron chi connectivity index (χ1n) is 6.64. The molecule has 17 heavy (non-hydrogen) atoms. The van der Waals surface area contributed by atoms with E-state index < -0.39 is 0 Å². The Kier molecular flexibility index (Phi) is 3.10. The van der Waals surface area contributed by atoms with Gasteiger partial charge in [0.15, 0.2) is 0 Å². The van der Waals surface area contributed by atoms with Crippen LogP contribution in [0.15, 0.2) is 11.6 Å². The minimum absolute atomic E-state index is 0.189. The standard InChI is InChI=1S/C14H20OS2/c1-13-5-6-14(16-7-8-17-14)9-11(13)3-2-4-12(13)10-15/h9-10,12H,2-8H2,1H3. The van der Waals surface area contributed by atoms with E-state index in [0.717, 1.165) is 6.42 Å². The molecule has 3 heteroatoms. The summed E-state index contributed by atoms with van der Waals surface area (Å²) in [5.74, 6) is 2.86.